The van der Waals surface area contributed by atoms with Crippen molar-refractivity contribution in [3.05, 3.63) is 56.8 Å². The number of benzene rings is 1. The first-order chi connectivity index (χ1) is 8.63. The first-order valence-corrected chi connectivity index (χ1v) is 6.95. The van der Waals surface area contributed by atoms with Crippen LogP contribution in [0.5, 0.6) is 0 Å². The minimum atomic E-state index is -0.200. The number of halogens is 2. The molecular weight excluding hydrogens is 364 g/mol. The van der Waals surface area contributed by atoms with E-state index < -0.39 is 0 Å². The van der Waals surface area contributed by atoms with Crippen LogP contribution in [0.4, 0.5) is 0 Å². The molecule has 18 heavy (non-hydrogen) atoms. The summed E-state index contributed by atoms with van der Waals surface area (Å²) in [7, 11) is 0. The summed E-state index contributed by atoms with van der Waals surface area (Å²) >= 11 is 6.86. The summed E-state index contributed by atoms with van der Waals surface area (Å²) < 4.78 is 6.20. The molecule has 92 valence electrons. The number of aromatic nitrogens is 2. The highest BCUT2D eigenvalue weighted by molar-refractivity contribution is 9.10. The molecule has 0 fully saturated rings. The van der Waals surface area contributed by atoms with Gasteiger partial charge in [0.15, 0.2) is 4.67 Å². The number of fused-ring (bicyclic) bond motifs is 1. The summed E-state index contributed by atoms with van der Waals surface area (Å²) in [6.07, 6.45) is 0. The monoisotopic (exact) mass is 370 g/mol. The number of furan rings is 1. The van der Waals surface area contributed by atoms with Gasteiger partial charge in [0.1, 0.15) is 5.76 Å². The third-order valence-electron chi connectivity index (χ3n) is 2.68. The van der Waals surface area contributed by atoms with E-state index in [1.165, 1.54) is 0 Å². The number of rotatable bonds is 2. The van der Waals surface area contributed by atoms with Crippen molar-refractivity contribution in [3.63, 3.8) is 0 Å². The molecule has 0 spiro atoms. The molecule has 0 saturated carbocycles. The normalized spacial score (nSPS) is 13.0. The number of alkyl halides is 1. The Morgan fingerprint density at radius 2 is 1.89 bits per heavy atom. The highest BCUT2D eigenvalue weighted by Crippen LogP contribution is 2.33. The van der Waals surface area contributed by atoms with E-state index in [4.69, 9.17) is 4.42 Å². The molecule has 2 heterocycles. The fourth-order valence-corrected chi connectivity index (χ4v) is 2.69. The van der Waals surface area contributed by atoms with Crippen LogP contribution in [-0.4, -0.2) is 9.97 Å². The molecule has 3 aromatic rings. The highest BCUT2D eigenvalue weighted by atomic mass is 79.9. The lowest BCUT2D eigenvalue weighted by molar-refractivity contribution is 0.497. The predicted octanol–water partition coefficient (Wildman–Crippen LogP) is 3.70. The Labute approximate surface area is 119 Å². The predicted molar refractivity (Wildman–Crippen MR) is 76.1 cm³/mol. The zero-order valence-electron chi connectivity index (χ0n) is 9.04. The average Bonchev–Trinajstić information content (AvgIpc) is 2.92. The lowest BCUT2D eigenvalue weighted by Gasteiger charge is -2.06. The van der Waals surface area contributed by atoms with Gasteiger partial charge in [-0.25, -0.2) is 4.79 Å². The molecule has 3 rings (SSSR count). The quantitative estimate of drug-likeness (QED) is 0.674. The molecule has 1 aromatic carbocycles. The molecule has 0 bridgehead atoms. The molecule has 0 amide bonds. The smallest absolute Gasteiger partial charge is 0.323 e. The van der Waals surface area contributed by atoms with Crippen molar-refractivity contribution in [1.82, 2.24) is 9.97 Å². The number of hydrogen-bond donors (Lipinski definition) is 2. The van der Waals surface area contributed by atoms with Crippen LogP contribution in [0.1, 0.15) is 16.2 Å². The highest BCUT2D eigenvalue weighted by Gasteiger charge is 2.15. The molecule has 2 aromatic heterocycles. The lowest BCUT2D eigenvalue weighted by atomic mass is 10.1. The molecular formula is C12H8Br2N2O2. The van der Waals surface area contributed by atoms with E-state index >= 15 is 0 Å². The van der Waals surface area contributed by atoms with Crippen LogP contribution in [0.25, 0.3) is 11.0 Å². The summed E-state index contributed by atoms with van der Waals surface area (Å²) in [6, 6.07) is 9.48. The Morgan fingerprint density at radius 1 is 1.11 bits per heavy atom. The molecule has 0 aliphatic heterocycles. The van der Waals surface area contributed by atoms with Crippen molar-refractivity contribution in [2.24, 2.45) is 0 Å². The summed E-state index contributed by atoms with van der Waals surface area (Å²) in [4.78, 5) is 16.6. The van der Waals surface area contributed by atoms with E-state index in [9.17, 15) is 4.79 Å². The van der Waals surface area contributed by atoms with Crippen molar-refractivity contribution in [1.29, 1.82) is 0 Å². The van der Waals surface area contributed by atoms with Gasteiger partial charge in [-0.05, 0) is 45.8 Å². The second-order valence-corrected chi connectivity index (χ2v) is 5.59. The topological polar surface area (TPSA) is 61.8 Å². The largest absolute Gasteiger partial charge is 0.453 e. The van der Waals surface area contributed by atoms with Crippen molar-refractivity contribution < 1.29 is 4.42 Å². The van der Waals surface area contributed by atoms with Crippen molar-refractivity contribution in [3.8, 4) is 0 Å². The van der Waals surface area contributed by atoms with E-state index in [0.29, 0.717) is 4.67 Å². The van der Waals surface area contributed by atoms with Gasteiger partial charge < -0.3 is 14.4 Å². The van der Waals surface area contributed by atoms with Crippen LogP contribution < -0.4 is 5.69 Å². The van der Waals surface area contributed by atoms with Gasteiger partial charge in [0, 0.05) is 0 Å². The maximum absolute atomic E-state index is 11.2. The van der Waals surface area contributed by atoms with E-state index in [2.05, 4.69) is 41.8 Å². The van der Waals surface area contributed by atoms with Crippen molar-refractivity contribution in [2.45, 2.75) is 4.83 Å². The molecule has 1 atom stereocenters. The first kappa shape index (κ1) is 11.8. The first-order valence-electron chi connectivity index (χ1n) is 5.25. The van der Waals surface area contributed by atoms with Gasteiger partial charge >= 0.3 is 5.69 Å². The fourth-order valence-electron chi connectivity index (χ4n) is 1.84. The number of aromatic amines is 2. The van der Waals surface area contributed by atoms with Crippen LogP contribution in [0.15, 0.2) is 44.2 Å². The second kappa shape index (κ2) is 4.44. The Balaban J connectivity index is 2.05. The second-order valence-electron chi connectivity index (χ2n) is 3.89. The molecule has 0 radical (unpaired) electrons. The SMILES string of the molecule is O=c1[nH]c2ccc(C(Br)c3ccc(Br)o3)cc2[nH]1. The lowest BCUT2D eigenvalue weighted by Crippen LogP contribution is -1.99. The molecule has 0 saturated heterocycles. The van der Waals surface area contributed by atoms with Crippen LogP contribution in [-0.2, 0) is 0 Å². The standard InChI is InChI=1S/C12H8Br2N2O2/c13-10-4-3-9(18-10)11(14)6-1-2-7-8(5-6)16-12(17)15-7/h1-5,11H,(H2,15,16,17). The van der Waals surface area contributed by atoms with E-state index in [1.807, 2.05) is 30.3 Å². The summed E-state index contributed by atoms with van der Waals surface area (Å²) in [5.74, 6) is 0.805. The summed E-state index contributed by atoms with van der Waals surface area (Å²) in [6.45, 7) is 0. The Morgan fingerprint density at radius 3 is 2.61 bits per heavy atom. The van der Waals surface area contributed by atoms with Gasteiger partial charge in [0.05, 0.1) is 15.9 Å². The molecule has 2 N–H and O–H groups in total. The minimum absolute atomic E-state index is 0.0494. The zero-order valence-corrected chi connectivity index (χ0v) is 12.2. The maximum Gasteiger partial charge on any atom is 0.323 e. The van der Waals surface area contributed by atoms with Gasteiger partial charge in [-0.2, -0.15) is 0 Å². The minimum Gasteiger partial charge on any atom is -0.453 e. The van der Waals surface area contributed by atoms with Gasteiger partial charge in [0.25, 0.3) is 0 Å². The Bertz CT molecular complexity index is 757. The van der Waals surface area contributed by atoms with E-state index in [-0.39, 0.29) is 10.5 Å². The van der Waals surface area contributed by atoms with Gasteiger partial charge in [0.2, 0.25) is 0 Å². The van der Waals surface area contributed by atoms with Gasteiger partial charge in [-0.1, -0.05) is 22.0 Å². The van der Waals surface area contributed by atoms with Crippen molar-refractivity contribution >= 4 is 42.9 Å². The van der Waals surface area contributed by atoms with E-state index in [1.54, 1.807) is 0 Å². The maximum atomic E-state index is 11.2. The van der Waals surface area contributed by atoms with Gasteiger partial charge in [-0.15, -0.1) is 0 Å². The number of hydrogen-bond acceptors (Lipinski definition) is 2. The van der Waals surface area contributed by atoms with Crippen LogP contribution in [0.2, 0.25) is 0 Å². The van der Waals surface area contributed by atoms with Crippen molar-refractivity contribution in [2.75, 3.05) is 0 Å². The average molecular weight is 372 g/mol. The van der Waals surface area contributed by atoms with Gasteiger partial charge in [-0.3, -0.25) is 0 Å². The number of H-pyrrole nitrogens is 2. The Hall–Kier alpha value is -1.27. The summed E-state index contributed by atoms with van der Waals surface area (Å²) in [5.41, 5.74) is 2.39. The molecule has 6 heteroatoms. The fraction of sp³-hybridized carbons (Fsp3) is 0.0833. The third kappa shape index (κ3) is 2.06. The summed E-state index contributed by atoms with van der Waals surface area (Å²) in [5, 5.41) is 0. The molecule has 0 aliphatic rings. The van der Waals surface area contributed by atoms with Crippen LogP contribution in [0.3, 0.4) is 0 Å². The van der Waals surface area contributed by atoms with E-state index in [0.717, 1.165) is 22.4 Å². The molecule has 1 unspecified atom stereocenters. The Kier molecular flexibility index (Phi) is 2.91. The number of imidazole rings is 1. The zero-order chi connectivity index (χ0) is 12.7. The molecule has 0 aliphatic carbocycles. The third-order valence-corrected chi connectivity index (χ3v) is 4.08. The number of nitrogens with one attached hydrogen (secondary N) is 2. The van der Waals surface area contributed by atoms with Crippen LogP contribution >= 0.6 is 31.9 Å². The molecule has 4 nitrogen and oxygen atoms in total. The van der Waals surface area contributed by atoms with Crippen LogP contribution in [0, 0.1) is 0 Å².